The van der Waals surface area contributed by atoms with Gasteiger partial charge in [0.05, 0.1) is 11.6 Å². The Balaban J connectivity index is 2.16. The first-order chi connectivity index (χ1) is 6.28. The minimum atomic E-state index is -0.106. The molecule has 2 rings (SSSR count). The molecule has 0 radical (unpaired) electrons. The molecule has 0 saturated heterocycles. The van der Waals surface area contributed by atoms with Gasteiger partial charge in [-0.25, -0.2) is 0 Å². The van der Waals surface area contributed by atoms with E-state index in [0.717, 1.165) is 18.5 Å². The van der Waals surface area contributed by atoms with Crippen LogP contribution in [0.3, 0.4) is 0 Å². The van der Waals surface area contributed by atoms with E-state index in [4.69, 9.17) is 10.5 Å². The fraction of sp³-hybridized carbons (Fsp3) is 0.600. The minimum absolute atomic E-state index is 0.0127. The summed E-state index contributed by atoms with van der Waals surface area (Å²) in [6.07, 6.45) is 5.27. The van der Waals surface area contributed by atoms with Crippen LogP contribution in [0, 0.1) is 0 Å². The Bertz CT molecular complexity index is 259. The Hall–Kier alpha value is -0.800. The third-order valence-electron chi connectivity index (χ3n) is 3.13. The van der Waals surface area contributed by atoms with Gasteiger partial charge in [0.2, 0.25) is 0 Å². The molecule has 1 aliphatic rings. The van der Waals surface area contributed by atoms with E-state index < -0.39 is 0 Å². The molecule has 1 aliphatic carbocycles. The molecule has 72 valence electrons. The van der Waals surface area contributed by atoms with Gasteiger partial charge in [-0.2, -0.15) is 0 Å². The van der Waals surface area contributed by atoms with Crippen LogP contribution >= 0.6 is 0 Å². The highest BCUT2D eigenvalue weighted by Gasteiger charge is 2.43. The van der Waals surface area contributed by atoms with Crippen LogP contribution in [-0.4, -0.2) is 17.7 Å². The highest BCUT2D eigenvalue weighted by atomic mass is 16.5. The number of hydrogen-bond acceptors (Lipinski definition) is 2. The molecule has 0 bridgehead atoms. The molecule has 1 atom stereocenters. The van der Waals surface area contributed by atoms with Crippen molar-refractivity contribution in [1.29, 1.82) is 0 Å². The van der Waals surface area contributed by atoms with Crippen LogP contribution in [0.1, 0.15) is 31.0 Å². The number of rotatable bonds is 3. The van der Waals surface area contributed by atoms with Crippen LogP contribution in [0.4, 0.5) is 0 Å². The molecule has 3 nitrogen and oxygen atoms in total. The van der Waals surface area contributed by atoms with E-state index in [1.54, 1.807) is 7.11 Å². The van der Waals surface area contributed by atoms with E-state index in [0.29, 0.717) is 0 Å². The normalized spacial score (nSPS) is 22.3. The van der Waals surface area contributed by atoms with Gasteiger partial charge in [-0.15, -0.1) is 0 Å². The van der Waals surface area contributed by atoms with Crippen molar-refractivity contribution in [2.24, 2.45) is 5.73 Å². The lowest BCUT2D eigenvalue weighted by molar-refractivity contribution is -0.0918. The van der Waals surface area contributed by atoms with Gasteiger partial charge in [0.25, 0.3) is 0 Å². The second kappa shape index (κ2) is 3.16. The van der Waals surface area contributed by atoms with Crippen LogP contribution in [0.25, 0.3) is 0 Å². The summed E-state index contributed by atoms with van der Waals surface area (Å²) < 4.78 is 5.51. The number of ether oxygens (including phenoxy) is 1. The van der Waals surface area contributed by atoms with Crippen molar-refractivity contribution in [3.63, 3.8) is 0 Å². The third-order valence-corrected chi connectivity index (χ3v) is 3.13. The number of nitrogens with one attached hydrogen (secondary N) is 1. The Morgan fingerprint density at radius 2 is 2.38 bits per heavy atom. The fourth-order valence-electron chi connectivity index (χ4n) is 1.99. The summed E-state index contributed by atoms with van der Waals surface area (Å²) in [6.45, 7) is 0. The van der Waals surface area contributed by atoms with Gasteiger partial charge in [-0.1, -0.05) is 0 Å². The van der Waals surface area contributed by atoms with Crippen LogP contribution in [-0.2, 0) is 4.74 Å². The zero-order chi connectivity index (χ0) is 9.31. The Kier molecular flexibility index (Phi) is 2.14. The lowest BCUT2D eigenvalue weighted by atomic mass is 9.74. The summed E-state index contributed by atoms with van der Waals surface area (Å²) in [4.78, 5) is 3.14. The van der Waals surface area contributed by atoms with Gasteiger partial charge >= 0.3 is 0 Å². The molecule has 0 spiro atoms. The first-order valence-electron chi connectivity index (χ1n) is 4.72. The number of aromatic nitrogens is 1. The largest absolute Gasteiger partial charge is 0.376 e. The molecule has 1 heterocycles. The lowest BCUT2D eigenvalue weighted by Crippen LogP contribution is -2.48. The molecule has 3 heteroatoms. The van der Waals surface area contributed by atoms with E-state index in [9.17, 15) is 0 Å². The topological polar surface area (TPSA) is 51.0 Å². The van der Waals surface area contributed by atoms with E-state index in [1.807, 2.05) is 18.3 Å². The maximum atomic E-state index is 6.13. The Labute approximate surface area is 78.3 Å². The summed E-state index contributed by atoms with van der Waals surface area (Å²) >= 11 is 0. The van der Waals surface area contributed by atoms with Gasteiger partial charge in [0.1, 0.15) is 0 Å². The molecule has 0 aromatic carbocycles. The van der Waals surface area contributed by atoms with Crippen molar-refractivity contribution in [2.75, 3.05) is 7.11 Å². The van der Waals surface area contributed by atoms with Crippen molar-refractivity contribution < 1.29 is 4.74 Å². The van der Waals surface area contributed by atoms with Crippen molar-refractivity contribution >= 4 is 0 Å². The SMILES string of the molecule is COC1(C(N)c2ccc[nH]2)CCC1. The van der Waals surface area contributed by atoms with E-state index in [-0.39, 0.29) is 11.6 Å². The van der Waals surface area contributed by atoms with Crippen molar-refractivity contribution in [1.82, 2.24) is 4.98 Å². The van der Waals surface area contributed by atoms with Gasteiger partial charge in [0, 0.05) is 19.0 Å². The summed E-state index contributed by atoms with van der Waals surface area (Å²) in [7, 11) is 1.75. The average Bonchev–Trinajstić information content (AvgIpc) is 2.54. The second-order valence-electron chi connectivity index (χ2n) is 3.73. The molecule has 0 aliphatic heterocycles. The van der Waals surface area contributed by atoms with Crippen molar-refractivity contribution in [3.05, 3.63) is 24.0 Å². The number of H-pyrrole nitrogens is 1. The molecule has 0 amide bonds. The van der Waals surface area contributed by atoms with Crippen LogP contribution in [0.5, 0.6) is 0 Å². The van der Waals surface area contributed by atoms with Crippen molar-refractivity contribution in [3.8, 4) is 0 Å². The van der Waals surface area contributed by atoms with E-state index in [2.05, 4.69) is 4.98 Å². The summed E-state index contributed by atoms with van der Waals surface area (Å²) in [5, 5.41) is 0. The van der Waals surface area contributed by atoms with Crippen LogP contribution in [0.15, 0.2) is 18.3 Å². The molecule has 1 aromatic rings. The fourth-order valence-corrected chi connectivity index (χ4v) is 1.99. The maximum absolute atomic E-state index is 6.13. The Morgan fingerprint density at radius 3 is 2.77 bits per heavy atom. The summed E-state index contributed by atoms with van der Waals surface area (Å²) in [5.41, 5.74) is 7.10. The number of nitrogens with two attached hydrogens (primary N) is 1. The van der Waals surface area contributed by atoms with Gasteiger partial charge in [0.15, 0.2) is 0 Å². The van der Waals surface area contributed by atoms with Gasteiger partial charge in [-0.05, 0) is 31.4 Å². The molecule has 1 fully saturated rings. The molecule has 1 aromatic heterocycles. The molecular weight excluding hydrogens is 164 g/mol. The van der Waals surface area contributed by atoms with E-state index >= 15 is 0 Å². The summed E-state index contributed by atoms with van der Waals surface area (Å²) in [5.74, 6) is 0. The van der Waals surface area contributed by atoms with Gasteiger partial charge < -0.3 is 15.5 Å². The quantitative estimate of drug-likeness (QED) is 0.742. The molecule has 3 N–H and O–H groups in total. The number of hydrogen-bond donors (Lipinski definition) is 2. The number of aromatic amines is 1. The number of methoxy groups -OCH3 is 1. The predicted molar refractivity (Wildman–Crippen MR) is 51.3 cm³/mol. The predicted octanol–water partition coefficient (Wildman–Crippen LogP) is 1.58. The third kappa shape index (κ3) is 1.28. The monoisotopic (exact) mass is 180 g/mol. The van der Waals surface area contributed by atoms with Crippen molar-refractivity contribution in [2.45, 2.75) is 30.9 Å². The minimum Gasteiger partial charge on any atom is -0.376 e. The van der Waals surface area contributed by atoms with Crippen LogP contribution < -0.4 is 5.73 Å². The van der Waals surface area contributed by atoms with Gasteiger partial charge in [-0.3, -0.25) is 0 Å². The maximum Gasteiger partial charge on any atom is 0.0884 e. The zero-order valence-corrected chi connectivity index (χ0v) is 7.92. The van der Waals surface area contributed by atoms with Crippen LogP contribution in [0.2, 0.25) is 0 Å². The summed E-state index contributed by atoms with van der Waals surface area (Å²) in [6, 6.07) is 3.97. The Morgan fingerprint density at radius 1 is 1.62 bits per heavy atom. The van der Waals surface area contributed by atoms with E-state index in [1.165, 1.54) is 6.42 Å². The molecule has 13 heavy (non-hydrogen) atoms. The second-order valence-corrected chi connectivity index (χ2v) is 3.73. The molecule has 1 saturated carbocycles. The smallest absolute Gasteiger partial charge is 0.0884 e. The highest BCUT2D eigenvalue weighted by Crippen LogP contribution is 2.43. The highest BCUT2D eigenvalue weighted by molar-refractivity contribution is 5.15. The zero-order valence-electron chi connectivity index (χ0n) is 7.92. The first-order valence-corrected chi connectivity index (χ1v) is 4.72. The standard InChI is InChI=1S/C10H16N2O/c1-13-10(5-3-6-10)9(11)8-4-2-7-12-8/h2,4,7,9,12H,3,5-6,11H2,1H3. The lowest BCUT2D eigenvalue weighted by Gasteiger charge is -2.44. The molecule has 1 unspecified atom stereocenters. The first kappa shape index (κ1) is 8.78. The average molecular weight is 180 g/mol. The molecular formula is C10H16N2O.